The number of rotatable bonds is 6. The first kappa shape index (κ1) is 17.4. The van der Waals surface area contributed by atoms with Gasteiger partial charge in [0.15, 0.2) is 5.82 Å². The Labute approximate surface area is 160 Å². The van der Waals surface area contributed by atoms with E-state index in [2.05, 4.69) is 26.2 Å². The Balaban J connectivity index is 1.40. The minimum absolute atomic E-state index is 0.261. The highest BCUT2D eigenvalue weighted by atomic mass is 32.2. The normalized spacial score (nSPS) is 11.2. The van der Waals surface area contributed by atoms with Crippen LogP contribution >= 0.6 is 11.8 Å². The quantitative estimate of drug-likeness (QED) is 0.393. The predicted octanol–water partition coefficient (Wildman–Crippen LogP) is 3.36. The van der Waals surface area contributed by atoms with Crippen molar-refractivity contribution in [1.29, 1.82) is 0 Å². The molecule has 4 rings (SSSR count). The van der Waals surface area contributed by atoms with Gasteiger partial charge in [0.1, 0.15) is 18.2 Å². The number of nitrogens with zero attached hydrogens (tertiary/aromatic N) is 4. The molecule has 4 aromatic rings. The Bertz CT molecular complexity index is 1030. The van der Waals surface area contributed by atoms with Gasteiger partial charge in [0.25, 0.3) is 0 Å². The fourth-order valence-corrected chi connectivity index (χ4v) is 3.62. The van der Waals surface area contributed by atoms with Crippen LogP contribution in [0.4, 0.5) is 0 Å². The molecule has 2 heterocycles. The van der Waals surface area contributed by atoms with Crippen LogP contribution in [0, 0.1) is 13.8 Å². The van der Waals surface area contributed by atoms with Crippen LogP contribution in [0.2, 0.25) is 0 Å². The Kier molecular flexibility index (Phi) is 4.72. The number of nitrogens with two attached hydrogens (primary N) is 1. The SMILES string of the molecule is Cc1cc(C)cc(OCc2nnc(SCc3nc4ccccc4[nH]3)n2N)c1. The van der Waals surface area contributed by atoms with Crippen LogP contribution < -0.4 is 10.6 Å². The second kappa shape index (κ2) is 7.32. The van der Waals surface area contributed by atoms with E-state index in [4.69, 9.17) is 10.6 Å². The molecular weight excluding hydrogens is 360 g/mol. The van der Waals surface area contributed by atoms with Gasteiger partial charge < -0.3 is 15.6 Å². The second-order valence-electron chi connectivity index (χ2n) is 6.37. The largest absolute Gasteiger partial charge is 0.486 e. The highest BCUT2D eigenvalue weighted by Gasteiger charge is 2.12. The fourth-order valence-electron chi connectivity index (χ4n) is 2.88. The first-order chi connectivity index (χ1) is 13.1. The molecule has 0 aliphatic heterocycles. The summed E-state index contributed by atoms with van der Waals surface area (Å²) in [6.45, 7) is 4.34. The molecule has 2 aromatic carbocycles. The van der Waals surface area contributed by atoms with Gasteiger partial charge >= 0.3 is 0 Å². The molecule has 7 nitrogen and oxygen atoms in total. The van der Waals surface area contributed by atoms with Gasteiger partial charge in [-0.1, -0.05) is 30.0 Å². The van der Waals surface area contributed by atoms with Gasteiger partial charge in [-0.2, -0.15) is 0 Å². The number of para-hydroxylation sites is 2. The van der Waals surface area contributed by atoms with Crippen LogP contribution in [0.5, 0.6) is 5.75 Å². The lowest BCUT2D eigenvalue weighted by Crippen LogP contribution is -2.15. The number of aryl methyl sites for hydroxylation is 2. The topological polar surface area (TPSA) is 94.6 Å². The number of fused-ring (bicyclic) bond motifs is 1. The summed E-state index contributed by atoms with van der Waals surface area (Å²) in [4.78, 5) is 7.85. The van der Waals surface area contributed by atoms with Crippen LogP contribution in [-0.4, -0.2) is 24.8 Å². The van der Waals surface area contributed by atoms with Crippen LogP contribution in [0.25, 0.3) is 11.0 Å². The molecule has 27 heavy (non-hydrogen) atoms. The number of imidazole rings is 1. The molecule has 0 unspecified atom stereocenters. The third-order valence-corrected chi connectivity index (χ3v) is 5.03. The minimum Gasteiger partial charge on any atom is -0.486 e. The van der Waals surface area contributed by atoms with E-state index in [1.165, 1.54) is 16.4 Å². The molecule has 0 aliphatic rings. The zero-order valence-corrected chi connectivity index (χ0v) is 16.0. The molecule has 0 spiro atoms. The number of aromatic nitrogens is 5. The van der Waals surface area contributed by atoms with Crippen LogP contribution in [0.1, 0.15) is 22.8 Å². The molecule has 0 bridgehead atoms. The van der Waals surface area contributed by atoms with Crippen molar-refractivity contribution in [3.8, 4) is 5.75 Å². The van der Waals surface area contributed by atoms with Crippen molar-refractivity contribution < 1.29 is 4.74 Å². The highest BCUT2D eigenvalue weighted by Crippen LogP contribution is 2.22. The number of thioether (sulfide) groups is 1. The first-order valence-electron chi connectivity index (χ1n) is 8.55. The number of nitrogens with one attached hydrogen (secondary N) is 1. The van der Waals surface area contributed by atoms with Crippen LogP contribution in [0.3, 0.4) is 0 Å². The molecule has 3 N–H and O–H groups in total. The van der Waals surface area contributed by atoms with Crippen molar-refractivity contribution in [2.45, 2.75) is 31.4 Å². The van der Waals surface area contributed by atoms with Gasteiger partial charge in [0, 0.05) is 0 Å². The van der Waals surface area contributed by atoms with Gasteiger partial charge in [0.2, 0.25) is 5.16 Å². The molecule has 0 amide bonds. The number of benzene rings is 2. The highest BCUT2D eigenvalue weighted by molar-refractivity contribution is 7.98. The molecule has 0 fully saturated rings. The van der Waals surface area contributed by atoms with Crippen LogP contribution in [0.15, 0.2) is 47.6 Å². The maximum atomic E-state index is 6.13. The van der Waals surface area contributed by atoms with E-state index in [1.54, 1.807) is 0 Å². The summed E-state index contributed by atoms with van der Waals surface area (Å²) < 4.78 is 7.29. The maximum absolute atomic E-state index is 6.13. The molecule has 138 valence electrons. The van der Waals surface area contributed by atoms with Gasteiger partial charge in [-0.15, -0.1) is 10.2 Å². The van der Waals surface area contributed by atoms with Crippen molar-refractivity contribution in [2.24, 2.45) is 0 Å². The minimum atomic E-state index is 0.261. The molecule has 2 aromatic heterocycles. The first-order valence-corrected chi connectivity index (χ1v) is 9.54. The van der Waals surface area contributed by atoms with Gasteiger partial charge in [-0.25, -0.2) is 9.66 Å². The van der Waals surface area contributed by atoms with E-state index in [0.29, 0.717) is 16.7 Å². The number of H-pyrrole nitrogens is 1. The molecular formula is C19H20N6OS. The van der Waals surface area contributed by atoms with Gasteiger partial charge in [-0.05, 0) is 49.2 Å². The Morgan fingerprint density at radius 1 is 1.11 bits per heavy atom. The van der Waals surface area contributed by atoms with E-state index in [9.17, 15) is 0 Å². The zero-order valence-electron chi connectivity index (χ0n) is 15.1. The molecule has 0 atom stereocenters. The van der Waals surface area contributed by atoms with Gasteiger partial charge in [0.05, 0.1) is 16.8 Å². The molecule has 0 radical (unpaired) electrons. The summed E-state index contributed by atoms with van der Waals surface area (Å²) in [6.07, 6.45) is 0. The third kappa shape index (κ3) is 3.90. The lowest BCUT2D eigenvalue weighted by Gasteiger charge is -2.08. The average Bonchev–Trinajstić information content (AvgIpc) is 3.20. The monoisotopic (exact) mass is 380 g/mol. The number of aromatic amines is 1. The number of hydrogen-bond donors (Lipinski definition) is 2. The third-order valence-electron chi connectivity index (χ3n) is 4.07. The van der Waals surface area contributed by atoms with Crippen molar-refractivity contribution in [2.75, 3.05) is 5.84 Å². The smallest absolute Gasteiger partial charge is 0.210 e. The standard InChI is InChI=1S/C19H20N6OS/c1-12-7-13(2)9-14(8-12)26-10-18-23-24-19(25(18)20)27-11-17-21-15-5-3-4-6-16(15)22-17/h3-9H,10-11,20H2,1-2H3,(H,21,22). The lowest BCUT2D eigenvalue weighted by atomic mass is 10.1. The van der Waals surface area contributed by atoms with Crippen molar-refractivity contribution in [1.82, 2.24) is 24.8 Å². The summed E-state index contributed by atoms with van der Waals surface area (Å²) in [5, 5.41) is 8.92. The average molecular weight is 380 g/mol. The molecule has 0 saturated carbocycles. The summed E-state index contributed by atoms with van der Waals surface area (Å²) >= 11 is 1.48. The zero-order chi connectivity index (χ0) is 18.8. The fraction of sp³-hybridized carbons (Fsp3) is 0.211. The van der Waals surface area contributed by atoms with Gasteiger partial charge in [-0.3, -0.25) is 0 Å². The summed E-state index contributed by atoms with van der Waals surface area (Å²) in [6, 6.07) is 14.0. The summed E-state index contributed by atoms with van der Waals surface area (Å²) in [5.74, 6) is 8.99. The van der Waals surface area contributed by atoms with E-state index < -0.39 is 0 Å². The Morgan fingerprint density at radius 3 is 2.67 bits per heavy atom. The van der Waals surface area contributed by atoms with E-state index in [-0.39, 0.29) is 6.61 Å². The molecule has 0 saturated heterocycles. The van der Waals surface area contributed by atoms with Crippen molar-refractivity contribution >= 4 is 22.8 Å². The number of nitrogen functional groups attached to an aromatic ring is 1. The van der Waals surface area contributed by atoms with E-state index >= 15 is 0 Å². The predicted molar refractivity (Wildman–Crippen MR) is 106 cm³/mol. The second-order valence-corrected chi connectivity index (χ2v) is 7.31. The molecule has 0 aliphatic carbocycles. The lowest BCUT2D eigenvalue weighted by molar-refractivity contribution is 0.291. The Morgan fingerprint density at radius 2 is 1.89 bits per heavy atom. The number of hydrogen-bond acceptors (Lipinski definition) is 6. The maximum Gasteiger partial charge on any atom is 0.210 e. The Hall–Kier alpha value is -3.00. The number of ether oxygens (including phenoxy) is 1. The summed E-state index contributed by atoms with van der Waals surface area (Å²) in [5.41, 5.74) is 4.28. The molecule has 8 heteroatoms. The van der Waals surface area contributed by atoms with Crippen molar-refractivity contribution in [3.05, 3.63) is 65.2 Å². The van der Waals surface area contributed by atoms with E-state index in [1.807, 2.05) is 50.2 Å². The summed E-state index contributed by atoms with van der Waals surface area (Å²) in [7, 11) is 0. The van der Waals surface area contributed by atoms with E-state index in [0.717, 1.165) is 33.7 Å². The van der Waals surface area contributed by atoms with Crippen LogP contribution in [-0.2, 0) is 12.4 Å². The van der Waals surface area contributed by atoms with Crippen molar-refractivity contribution in [3.63, 3.8) is 0 Å².